The third-order valence-corrected chi connectivity index (χ3v) is 6.18. The van der Waals surface area contributed by atoms with Gasteiger partial charge in [0, 0.05) is 11.6 Å². The molecule has 0 fully saturated rings. The maximum Gasteiger partial charge on any atom is 0.416 e. The smallest absolute Gasteiger partial charge is 0.245 e. The lowest BCUT2D eigenvalue weighted by Gasteiger charge is -2.19. The Morgan fingerprint density at radius 2 is 1.69 bits per heavy atom. The number of nitrogens with zero attached hydrogens (tertiary/aromatic N) is 1. The highest BCUT2D eigenvalue weighted by atomic mass is 32.2. The second kappa shape index (κ2) is 7.37. The molecule has 0 aliphatic carbocycles. The minimum absolute atomic E-state index is 0.0186. The third-order valence-electron chi connectivity index (χ3n) is 4.65. The van der Waals surface area contributed by atoms with Gasteiger partial charge in [0.15, 0.2) is 0 Å². The molecule has 3 rings (SSSR count). The molecule has 0 radical (unpaired) electrons. The molecule has 1 heterocycles. The Bertz CT molecular complexity index is 1170. The van der Waals surface area contributed by atoms with E-state index in [0.29, 0.717) is 0 Å². The molecule has 0 aliphatic heterocycles. The van der Waals surface area contributed by atoms with E-state index in [-0.39, 0.29) is 22.1 Å². The van der Waals surface area contributed by atoms with Crippen LogP contribution in [0.3, 0.4) is 0 Å². The normalized spacial score (nSPS) is 13.4. The Labute approximate surface area is 168 Å². The molecule has 0 aliphatic rings. The summed E-state index contributed by atoms with van der Waals surface area (Å²) in [5.41, 5.74) is 1.43. The van der Waals surface area contributed by atoms with Crippen LogP contribution < -0.4 is 0 Å². The zero-order valence-electron chi connectivity index (χ0n) is 16.4. The topological polar surface area (TPSA) is 39.1 Å². The Kier molecular flexibility index (Phi) is 5.38. The van der Waals surface area contributed by atoms with E-state index in [4.69, 9.17) is 0 Å². The van der Waals surface area contributed by atoms with Crippen molar-refractivity contribution in [1.29, 1.82) is 0 Å². The average Bonchev–Trinajstić information content (AvgIpc) is 3.04. The largest absolute Gasteiger partial charge is 0.416 e. The van der Waals surface area contributed by atoms with Crippen molar-refractivity contribution >= 4 is 27.0 Å². The van der Waals surface area contributed by atoms with Crippen molar-refractivity contribution in [2.24, 2.45) is 0 Å². The Morgan fingerprint density at radius 1 is 0.966 bits per heavy atom. The van der Waals surface area contributed by atoms with Crippen molar-refractivity contribution in [2.75, 3.05) is 5.75 Å². The van der Waals surface area contributed by atoms with Gasteiger partial charge in [-0.25, -0.2) is 12.4 Å². The lowest BCUT2D eigenvalue weighted by molar-refractivity contribution is -0.137. The summed E-state index contributed by atoms with van der Waals surface area (Å²) in [7, 11) is -3.75. The highest BCUT2D eigenvalue weighted by Gasteiger charge is 2.30. The predicted octanol–water partition coefficient (Wildman–Crippen LogP) is 5.85. The van der Waals surface area contributed by atoms with Gasteiger partial charge in [0.05, 0.1) is 16.8 Å². The van der Waals surface area contributed by atoms with E-state index < -0.39 is 21.8 Å². The van der Waals surface area contributed by atoms with Crippen molar-refractivity contribution in [3.8, 4) is 0 Å². The second-order valence-electron chi connectivity index (χ2n) is 7.94. The van der Waals surface area contributed by atoms with Gasteiger partial charge in [0.25, 0.3) is 0 Å². The molecule has 0 saturated carbocycles. The number of alkyl halides is 3. The van der Waals surface area contributed by atoms with E-state index >= 15 is 0 Å². The maximum absolute atomic E-state index is 12.9. The van der Waals surface area contributed by atoms with Gasteiger partial charge in [0.1, 0.15) is 0 Å². The molecule has 0 bridgehead atoms. The molecule has 0 amide bonds. The molecular weight excluding hydrogens is 399 g/mol. The number of fused-ring (bicyclic) bond motifs is 1. The van der Waals surface area contributed by atoms with Crippen molar-refractivity contribution in [3.63, 3.8) is 0 Å². The molecule has 3 aromatic rings. The molecule has 7 heteroatoms. The summed E-state index contributed by atoms with van der Waals surface area (Å²) in [5.74, 6) is -0.266. The van der Waals surface area contributed by atoms with Gasteiger partial charge in [-0.15, -0.1) is 0 Å². The molecule has 154 valence electrons. The molecule has 0 atom stereocenters. The van der Waals surface area contributed by atoms with Gasteiger partial charge >= 0.3 is 6.18 Å². The molecule has 3 nitrogen and oxygen atoms in total. The van der Waals surface area contributed by atoms with Crippen LogP contribution in [0.15, 0.2) is 60.8 Å². The van der Waals surface area contributed by atoms with E-state index in [9.17, 15) is 21.6 Å². The van der Waals surface area contributed by atoms with E-state index in [0.717, 1.165) is 27.2 Å². The van der Waals surface area contributed by atoms with Crippen molar-refractivity contribution in [2.45, 2.75) is 32.4 Å². The lowest BCUT2D eigenvalue weighted by atomic mass is 9.86. The highest BCUT2D eigenvalue weighted by molar-refractivity contribution is 7.90. The van der Waals surface area contributed by atoms with E-state index in [1.807, 2.05) is 24.3 Å². The van der Waals surface area contributed by atoms with E-state index in [1.165, 1.54) is 18.3 Å². The number of halogens is 3. The molecular formula is C22H22F3NO2S. The van der Waals surface area contributed by atoms with Crippen LogP contribution in [0.4, 0.5) is 13.2 Å². The number of aromatic nitrogens is 1. The fourth-order valence-electron chi connectivity index (χ4n) is 3.03. The van der Waals surface area contributed by atoms with Gasteiger partial charge in [-0.1, -0.05) is 57.2 Å². The summed E-state index contributed by atoms with van der Waals surface area (Å²) in [6.07, 6.45) is 0.0982. The van der Waals surface area contributed by atoms with Crippen LogP contribution in [0.5, 0.6) is 0 Å². The van der Waals surface area contributed by atoms with E-state index in [1.54, 1.807) is 12.2 Å². The highest BCUT2D eigenvalue weighted by Crippen LogP contribution is 2.32. The standard InChI is InChI=1S/C22H22F3NO2S/c1-21(2,3)18-8-4-6-16(14-18)7-5-13-29(27,28)26-12-11-17-15-19(22(23,24)25)9-10-20(17)26/h4-12,14-15H,13H2,1-3H3. The van der Waals surface area contributed by atoms with Crippen LogP contribution in [-0.2, 0) is 21.6 Å². The molecule has 0 unspecified atom stereocenters. The van der Waals surface area contributed by atoms with Crippen molar-refractivity contribution < 1.29 is 21.6 Å². The van der Waals surface area contributed by atoms with Crippen LogP contribution in [-0.4, -0.2) is 18.1 Å². The summed E-state index contributed by atoms with van der Waals surface area (Å²) >= 11 is 0. The molecule has 0 N–H and O–H groups in total. The second-order valence-corrected chi connectivity index (χ2v) is 9.83. The minimum Gasteiger partial charge on any atom is -0.245 e. The summed E-state index contributed by atoms with van der Waals surface area (Å²) in [6.45, 7) is 6.30. The molecule has 2 aromatic carbocycles. The van der Waals surface area contributed by atoms with Crippen LogP contribution in [0.2, 0.25) is 0 Å². The van der Waals surface area contributed by atoms with Crippen LogP contribution in [0.1, 0.15) is 37.5 Å². The third kappa shape index (κ3) is 4.72. The zero-order chi connectivity index (χ0) is 21.4. The number of hydrogen-bond donors (Lipinski definition) is 0. The van der Waals surface area contributed by atoms with Gasteiger partial charge in [0.2, 0.25) is 10.0 Å². The molecule has 0 saturated heterocycles. The van der Waals surface area contributed by atoms with Crippen LogP contribution >= 0.6 is 0 Å². The van der Waals surface area contributed by atoms with Crippen LogP contribution in [0, 0.1) is 0 Å². The van der Waals surface area contributed by atoms with Gasteiger partial charge in [-0.05, 0) is 40.8 Å². The van der Waals surface area contributed by atoms with Crippen molar-refractivity contribution in [3.05, 3.63) is 77.5 Å². The molecule has 29 heavy (non-hydrogen) atoms. The van der Waals surface area contributed by atoms with Crippen LogP contribution in [0.25, 0.3) is 17.0 Å². The summed E-state index contributed by atoms with van der Waals surface area (Å²) < 4.78 is 65.0. The molecule has 1 aromatic heterocycles. The Morgan fingerprint density at radius 3 is 2.34 bits per heavy atom. The monoisotopic (exact) mass is 421 g/mol. The quantitative estimate of drug-likeness (QED) is 0.530. The summed E-state index contributed by atoms with van der Waals surface area (Å²) in [4.78, 5) is 0. The SMILES string of the molecule is CC(C)(C)c1cccc(C=CCS(=O)(=O)n2ccc3cc(C(F)(F)F)ccc32)c1. The fraction of sp³-hybridized carbons (Fsp3) is 0.273. The zero-order valence-corrected chi connectivity index (χ0v) is 17.2. The van der Waals surface area contributed by atoms with E-state index in [2.05, 4.69) is 20.8 Å². The minimum atomic E-state index is -4.47. The molecule has 0 spiro atoms. The van der Waals surface area contributed by atoms with Gasteiger partial charge in [-0.2, -0.15) is 13.2 Å². The first-order valence-corrected chi connectivity index (χ1v) is 10.7. The van der Waals surface area contributed by atoms with Gasteiger partial charge < -0.3 is 0 Å². The fourth-order valence-corrected chi connectivity index (χ4v) is 4.24. The Balaban J connectivity index is 1.84. The Hall–Kier alpha value is -2.54. The average molecular weight is 421 g/mol. The first-order chi connectivity index (χ1) is 13.4. The number of rotatable bonds is 4. The summed E-state index contributed by atoms with van der Waals surface area (Å²) in [5, 5.41) is 0.227. The number of hydrogen-bond acceptors (Lipinski definition) is 2. The maximum atomic E-state index is 12.9. The summed E-state index contributed by atoms with van der Waals surface area (Å²) in [6, 6.07) is 12.2. The predicted molar refractivity (Wildman–Crippen MR) is 110 cm³/mol. The van der Waals surface area contributed by atoms with Gasteiger partial charge in [-0.3, -0.25) is 0 Å². The first kappa shape index (κ1) is 21.2. The number of benzene rings is 2. The van der Waals surface area contributed by atoms with Crippen molar-refractivity contribution in [1.82, 2.24) is 3.97 Å². The lowest BCUT2D eigenvalue weighted by Crippen LogP contribution is -2.14. The first-order valence-electron chi connectivity index (χ1n) is 9.07.